The lowest BCUT2D eigenvalue weighted by Crippen LogP contribution is -2.52. The minimum absolute atomic E-state index is 0.00673. The van der Waals surface area contributed by atoms with Crippen LogP contribution in [0.1, 0.15) is 45.2 Å². The minimum Gasteiger partial charge on any atom is -0.362 e. The van der Waals surface area contributed by atoms with Gasteiger partial charge in [0.15, 0.2) is 0 Å². The largest absolute Gasteiger partial charge is 0.362 e. The van der Waals surface area contributed by atoms with Crippen LogP contribution in [0.5, 0.6) is 0 Å². The monoisotopic (exact) mass is 381 g/mol. The second-order valence-electron chi connectivity index (χ2n) is 7.98. The molecule has 0 aromatic heterocycles. The Morgan fingerprint density at radius 3 is 2.21 bits per heavy atom. The topological polar surface area (TPSA) is 60.9 Å². The standard InChI is InChI=1S/C22H27N3O3/c1-7-10-25-18-9-8-15(11-16(18)14(2)13-22(25,3)4)12-17-19(26)23(5)21(28)24(6)20(17)27/h8-9,11-13H,7,10H2,1-6H3. The van der Waals surface area contributed by atoms with Gasteiger partial charge in [-0.3, -0.25) is 19.4 Å². The first-order valence-corrected chi connectivity index (χ1v) is 9.51. The van der Waals surface area contributed by atoms with Gasteiger partial charge in [-0.25, -0.2) is 4.79 Å². The summed E-state index contributed by atoms with van der Waals surface area (Å²) < 4.78 is 0. The maximum absolute atomic E-state index is 12.4. The number of amides is 4. The molecule has 3 rings (SSSR count). The van der Waals surface area contributed by atoms with Gasteiger partial charge in [0.25, 0.3) is 11.8 Å². The van der Waals surface area contributed by atoms with Gasteiger partial charge in [-0.05, 0) is 56.5 Å². The molecule has 28 heavy (non-hydrogen) atoms. The molecule has 0 bridgehead atoms. The average molecular weight is 381 g/mol. The van der Waals surface area contributed by atoms with Crippen LogP contribution in [-0.2, 0) is 9.59 Å². The summed E-state index contributed by atoms with van der Waals surface area (Å²) in [4.78, 5) is 41.1. The molecule has 2 aliphatic heterocycles. The van der Waals surface area contributed by atoms with E-state index in [2.05, 4.69) is 38.7 Å². The summed E-state index contributed by atoms with van der Waals surface area (Å²) in [6, 6.07) is 5.35. The van der Waals surface area contributed by atoms with E-state index in [1.54, 1.807) is 6.08 Å². The van der Waals surface area contributed by atoms with Gasteiger partial charge in [0.1, 0.15) is 5.57 Å². The molecule has 0 atom stereocenters. The maximum Gasteiger partial charge on any atom is 0.333 e. The molecule has 2 aliphatic rings. The predicted octanol–water partition coefficient (Wildman–Crippen LogP) is 3.53. The van der Waals surface area contributed by atoms with Crippen molar-refractivity contribution >= 4 is 35.2 Å². The highest BCUT2D eigenvalue weighted by molar-refractivity contribution is 6.30. The Balaban J connectivity index is 2.06. The summed E-state index contributed by atoms with van der Waals surface area (Å²) in [6.07, 6.45) is 4.86. The van der Waals surface area contributed by atoms with Gasteiger partial charge in [-0.15, -0.1) is 0 Å². The van der Waals surface area contributed by atoms with Crippen molar-refractivity contribution in [3.8, 4) is 0 Å². The van der Waals surface area contributed by atoms with E-state index in [-0.39, 0.29) is 11.1 Å². The molecule has 0 unspecified atom stereocenters. The molecule has 148 valence electrons. The van der Waals surface area contributed by atoms with E-state index in [1.165, 1.54) is 19.7 Å². The highest BCUT2D eigenvalue weighted by Crippen LogP contribution is 2.39. The fourth-order valence-electron chi connectivity index (χ4n) is 3.96. The Kier molecular flexibility index (Phi) is 4.91. The van der Waals surface area contributed by atoms with Gasteiger partial charge >= 0.3 is 6.03 Å². The van der Waals surface area contributed by atoms with Crippen molar-refractivity contribution in [2.24, 2.45) is 0 Å². The Morgan fingerprint density at radius 1 is 1.04 bits per heavy atom. The molecule has 0 N–H and O–H groups in total. The lowest BCUT2D eigenvalue weighted by atomic mass is 9.87. The van der Waals surface area contributed by atoms with E-state index < -0.39 is 17.8 Å². The van der Waals surface area contributed by atoms with Crippen molar-refractivity contribution < 1.29 is 14.4 Å². The van der Waals surface area contributed by atoms with Gasteiger partial charge in [0.2, 0.25) is 0 Å². The van der Waals surface area contributed by atoms with Crippen molar-refractivity contribution in [1.29, 1.82) is 0 Å². The lowest BCUT2D eigenvalue weighted by Gasteiger charge is -2.43. The zero-order valence-electron chi connectivity index (χ0n) is 17.4. The van der Waals surface area contributed by atoms with Gasteiger partial charge < -0.3 is 4.90 Å². The number of imide groups is 2. The number of barbiturate groups is 1. The highest BCUT2D eigenvalue weighted by atomic mass is 16.2. The summed E-state index contributed by atoms with van der Waals surface area (Å²) >= 11 is 0. The molecule has 0 saturated carbocycles. The van der Waals surface area contributed by atoms with Crippen LogP contribution in [0.3, 0.4) is 0 Å². The molecule has 2 heterocycles. The SMILES string of the molecule is CCCN1c2ccc(C=C3C(=O)N(C)C(=O)N(C)C3=O)cc2C(C)=CC1(C)C. The second kappa shape index (κ2) is 6.93. The number of rotatable bonds is 3. The third-order valence-electron chi connectivity index (χ3n) is 5.40. The number of likely N-dealkylation sites (N-methyl/N-ethyl adjacent to an activating group) is 2. The molecule has 6 nitrogen and oxygen atoms in total. The molecule has 1 fully saturated rings. The molecule has 1 saturated heterocycles. The molecule has 1 aromatic rings. The zero-order valence-corrected chi connectivity index (χ0v) is 17.4. The van der Waals surface area contributed by atoms with Crippen LogP contribution in [0.15, 0.2) is 29.8 Å². The number of allylic oxidation sites excluding steroid dienone is 1. The quantitative estimate of drug-likeness (QED) is 0.594. The summed E-state index contributed by atoms with van der Waals surface area (Å²) in [7, 11) is 2.76. The summed E-state index contributed by atoms with van der Waals surface area (Å²) in [5, 5.41) is 0. The summed E-state index contributed by atoms with van der Waals surface area (Å²) in [5.74, 6) is -1.15. The van der Waals surface area contributed by atoms with Crippen molar-refractivity contribution in [2.75, 3.05) is 25.5 Å². The molecule has 0 spiro atoms. The zero-order chi connectivity index (χ0) is 20.8. The highest BCUT2D eigenvalue weighted by Gasteiger charge is 2.38. The van der Waals surface area contributed by atoms with Crippen LogP contribution in [-0.4, -0.2) is 53.8 Å². The number of hydrogen-bond acceptors (Lipinski definition) is 4. The number of urea groups is 1. The fraction of sp³-hybridized carbons (Fsp3) is 0.409. The number of benzene rings is 1. The number of carbonyl (C=O) groups is 3. The van der Waals surface area contributed by atoms with Crippen LogP contribution in [0.4, 0.5) is 10.5 Å². The van der Waals surface area contributed by atoms with Crippen LogP contribution in [0, 0.1) is 0 Å². The number of nitrogens with zero attached hydrogens (tertiary/aromatic N) is 3. The first kappa shape index (κ1) is 19.9. The van der Waals surface area contributed by atoms with Gasteiger partial charge in [0.05, 0.1) is 5.54 Å². The molecule has 4 amide bonds. The molecular weight excluding hydrogens is 354 g/mol. The first-order valence-electron chi connectivity index (χ1n) is 9.51. The van der Waals surface area contributed by atoms with E-state index in [1.807, 2.05) is 18.2 Å². The number of hydrogen-bond donors (Lipinski definition) is 0. The van der Waals surface area contributed by atoms with E-state index >= 15 is 0 Å². The maximum atomic E-state index is 12.4. The van der Waals surface area contributed by atoms with E-state index in [0.29, 0.717) is 0 Å². The number of carbonyl (C=O) groups excluding carboxylic acids is 3. The Morgan fingerprint density at radius 2 is 1.64 bits per heavy atom. The Labute approximate surface area is 166 Å². The molecule has 6 heteroatoms. The van der Waals surface area contributed by atoms with Crippen LogP contribution in [0.25, 0.3) is 11.6 Å². The Bertz CT molecular complexity index is 901. The number of fused-ring (bicyclic) bond motifs is 1. The van der Waals surface area contributed by atoms with E-state index in [4.69, 9.17) is 0 Å². The van der Waals surface area contributed by atoms with Crippen molar-refractivity contribution in [3.05, 3.63) is 41.0 Å². The molecule has 1 aromatic carbocycles. The lowest BCUT2D eigenvalue weighted by molar-refractivity contribution is -0.134. The van der Waals surface area contributed by atoms with Crippen LogP contribution >= 0.6 is 0 Å². The van der Waals surface area contributed by atoms with Crippen LogP contribution < -0.4 is 4.90 Å². The number of anilines is 1. The minimum atomic E-state index is -0.617. The third kappa shape index (κ3) is 3.13. The van der Waals surface area contributed by atoms with E-state index in [9.17, 15) is 14.4 Å². The Hall–Kier alpha value is -2.89. The first-order chi connectivity index (χ1) is 13.1. The summed E-state index contributed by atoms with van der Waals surface area (Å²) in [6.45, 7) is 9.59. The third-order valence-corrected chi connectivity index (χ3v) is 5.40. The fourth-order valence-corrected chi connectivity index (χ4v) is 3.96. The molecule has 0 radical (unpaired) electrons. The van der Waals surface area contributed by atoms with Crippen molar-refractivity contribution in [3.63, 3.8) is 0 Å². The average Bonchev–Trinajstić information content (AvgIpc) is 2.65. The van der Waals surface area contributed by atoms with Gasteiger partial charge in [-0.2, -0.15) is 0 Å². The smallest absolute Gasteiger partial charge is 0.333 e. The normalized spacial score (nSPS) is 19.1. The van der Waals surface area contributed by atoms with Crippen molar-refractivity contribution in [2.45, 2.75) is 39.7 Å². The molecular formula is C22H27N3O3. The van der Waals surface area contributed by atoms with Gasteiger partial charge in [-0.1, -0.05) is 19.1 Å². The second-order valence-corrected chi connectivity index (χ2v) is 7.98. The molecule has 0 aliphatic carbocycles. The van der Waals surface area contributed by atoms with E-state index in [0.717, 1.165) is 39.6 Å². The predicted molar refractivity (Wildman–Crippen MR) is 111 cm³/mol. The van der Waals surface area contributed by atoms with Gasteiger partial charge in [0, 0.05) is 31.9 Å². The van der Waals surface area contributed by atoms with Crippen LogP contribution in [0.2, 0.25) is 0 Å². The van der Waals surface area contributed by atoms with Crippen molar-refractivity contribution in [1.82, 2.24) is 9.80 Å². The summed E-state index contributed by atoms with van der Waals surface area (Å²) in [5.41, 5.74) is 4.09.